The zero-order valence-corrected chi connectivity index (χ0v) is 15.7. The molecule has 0 atom stereocenters. The number of hydrogen-bond acceptors (Lipinski definition) is 4. The number of aromatic nitrogens is 1. The summed E-state index contributed by atoms with van der Waals surface area (Å²) in [6.45, 7) is 3.56. The van der Waals surface area contributed by atoms with Crippen molar-refractivity contribution in [2.45, 2.75) is 0 Å². The van der Waals surface area contributed by atoms with Crippen LogP contribution in [0.2, 0.25) is 15.1 Å². The summed E-state index contributed by atoms with van der Waals surface area (Å²) in [6, 6.07) is 9.36. The summed E-state index contributed by atoms with van der Waals surface area (Å²) in [5.74, 6) is 0.182. The number of halogens is 3. The Hall–Kier alpha value is -1.53. The van der Waals surface area contributed by atoms with Crippen LogP contribution < -0.4 is 10.2 Å². The third-order valence-corrected chi connectivity index (χ3v) is 4.71. The Kier molecular flexibility index (Phi) is 6.02. The monoisotopic (exact) mass is 398 g/mol. The predicted molar refractivity (Wildman–Crippen MR) is 103 cm³/mol. The molecule has 0 aliphatic carbocycles. The number of piperazine rings is 1. The van der Waals surface area contributed by atoms with Gasteiger partial charge in [-0.15, -0.1) is 0 Å². The van der Waals surface area contributed by atoms with E-state index in [9.17, 15) is 4.79 Å². The van der Waals surface area contributed by atoms with Crippen molar-refractivity contribution in [2.24, 2.45) is 0 Å². The average molecular weight is 400 g/mol. The molecule has 2 heterocycles. The average Bonchev–Trinajstić information content (AvgIpc) is 2.58. The van der Waals surface area contributed by atoms with Gasteiger partial charge in [-0.05, 0) is 24.3 Å². The minimum atomic E-state index is -0.145. The summed E-state index contributed by atoms with van der Waals surface area (Å²) in [5, 5.41) is 4.21. The van der Waals surface area contributed by atoms with Crippen LogP contribution in [-0.4, -0.2) is 48.5 Å². The normalized spacial score (nSPS) is 15.2. The molecule has 1 N–H and O–H groups in total. The molecular weight excluding hydrogens is 383 g/mol. The van der Waals surface area contributed by atoms with Crippen LogP contribution in [0.3, 0.4) is 0 Å². The fourth-order valence-electron chi connectivity index (χ4n) is 2.72. The van der Waals surface area contributed by atoms with E-state index >= 15 is 0 Å². The number of carbonyl (C=O) groups is 1. The van der Waals surface area contributed by atoms with Gasteiger partial charge in [-0.3, -0.25) is 9.69 Å². The Morgan fingerprint density at radius 2 is 1.84 bits per heavy atom. The van der Waals surface area contributed by atoms with Gasteiger partial charge in [0.1, 0.15) is 0 Å². The fraction of sp³-hybridized carbons (Fsp3) is 0.294. The molecule has 5 nitrogen and oxygen atoms in total. The van der Waals surface area contributed by atoms with E-state index < -0.39 is 0 Å². The smallest absolute Gasteiger partial charge is 0.239 e. The molecule has 1 fully saturated rings. The Morgan fingerprint density at radius 3 is 2.52 bits per heavy atom. The van der Waals surface area contributed by atoms with Crippen LogP contribution in [0, 0.1) is 0 Å². The summed E-state index contributed by atoms with van der Waals surface area (Å²) >= 11 is 17.9. The number of hydrogen-bond donors (Lipinski definition) is 1. The van der Waals surface area contributed by atoms with Crippen molar-refractivity contribution < 1.29 is 4.79 Å². The van der Waals surface area contributed by atoms with Gasteiger partial charge >= 0.3 is 0 Å². The second-order valence-corrected chi connectivity index (χ2v) is 7.06. The molecule has 1 aromatic carbocycles. The second-order valence-electron chi connectivity index (χ2n) is 5.78. The van der Waals surface area contributed by atoms with Crippen molar-refractivity contribution in [1.82, 2.24) is 9.88 Å². The molecule has 0 spiro atoms. The SMILES string of the molecule is O=C(CN1CCN(c2cccc(Cl)c2)CC1)Nc1ncc(Cl)cc1Cl. The first kappa shape index (κ1) is 18.3. The number of pyridine rings is 1. The van der Waals surface area contributed by atoms with E-state index in [0.29, 0.717) is 22.4 Å². The van der Waals surface area contributed by atoms with Gasteiger partial charge in [-0.2, -0.15) is 0 Å². The third-order valence-electron chi connectivity index (χ3n) is 3.98. The Labute approximate surface area is 161 Å². The van der Waals surface area contributed by atoms with Crippen molar-refractivity contribution >= 4 is 52.2 Å². The molecule has 1 aromatic heterocycles. The van der Waals surface area contributed by atoms with E-state index in [2.05, 4.69) is 20.1 Å². The molecule has 0 saturated carbocycles. The van der Waals surface area contributed by atoms with E-state index in [-0.39, 0.29) is 5.91 Å². The first-order valence-corrected chi connectivity index (χ1v) is 8.98. The van der Waals surface area contributed by atoms with Crippen molar-refractivity contribution in [3.05, 3.63) is 51.6 Å². The van der Waals surface area contributed by atoms with Crippen LogP contribution in [0.1, 0.15) is 0 Å². The van der Waals surface area contributed by atoms with E-state index in [1.165, 1.54) is 6.20 Å². The zero-order chi connectivity index (χ0) is 17.8. The quantitative estimate of drug-likeness (QED) is 0.849. The first-order chi connectivity index (χ1) is 12.0. The number of carbonyl (C=O) groups excluding carboxylic acids is 1. The minimum absolute atomic E-state index is 0.145. The highest BCUT2D eigenvalue weighted by molar-refractivity contribution is 6.36. The van der Waals surface area contributed by atoms with Gasteiger partial charge in [-0.25, -0.2) is 4.98 Å². The van der Waals surface area contributed by atoms with Crippen LogP contribution in [0.15, 0.2) is 36.5 Å². The highest BCUT2D eigenvalue weighted by Crippen LogP contribution is 2.23. The van der Waals surface area contributed by atoms with Gasteiger partial charge < -0.3 is 10.2 Å². The molecule has 0 radical (unpaired) electrons. The van der Waals surface area contributed by atoms with Crippen molar-refractivity contribution in [1.29, 1.82) is 0 Å². The number of benzene rings is 1. The van der Waals surface area contributed by atoms with Crippen molar-refractivity contribution in [3.63, 3.8) is 0 Å². The molecule has 8 heteroatoms. The highest BCUT2D eigenvalue weighted by atomic mass is 35.5. The lowest BCUT2D eigenvalue weighted by molar-refractivity contribution is -0.117. The summed E-state index contributed by atoms with van der Waals surface area (Å²) in [5.41, 5.74) is 1.11. The van der Waals surface area contributed by atoms with E-state index in [1.54, 1.807) is 6.07 Å². The third kappa shape index (κ3) is 4.98. The highest BCUT2D eigenvalue weighted by Gasteiger charge is 2.20. The van der Waals surface area contributed by atoms with Crippen LogP contribution in [0.4, 0.5) is 11.5 Å². The lowest BCUT2D eigenvalue weighted by Gasteiger charge is -2.35. The summed E-state index contributed by atoms with van der Waals surface area (Å²) in [4.78, 5) is 20.6. The molecule has 0 unspecified atom stereocenters. The first-order valence-electron chi connectivity index (χ1n) is 7.85. The Balaban J connectivity index is 1.51. The molecule has 132 valence electrons. The molecule has 3 rings (SSSR count). The molecular formula is C17H17Cl3N4O. The molecule has 1 amide bonds. The van der Waals surface area contributed by atoms with Crippen LogP contribution >= 0.6 is 34.8 Å². The summed E-state index contributed by atoms with van der Waals surface area (Å²) in [7, 11) is 0. The standard InChI is InChI=1S/C17H17Cl3N4O/c18-12-2-1-3-14(8-12)24-6-4-23(5-7-24)11-16(25)22-17-15(20)9-13(19)10-21-17/h1-3,8-10H,4-7,11H2,(H,21,22,25). The number of nitrogens with zero attached hydrogens (tertiary/aromatic N) is 3. The molecule has 1 saturated heterocycles. The lowest BCUT2D eigenvalue weighted by Crippen LogP contribution is -2.48. The maximum atomic E-state index is 12.2. The number of nitrogens with one attached hydrogen (secondary N) is 1. The van der Waals surface area contributed by atoms with E-state index in [1.807, 2.05) is 24.3 Å². The van der Waals surface area contributed by atoms with Crippen LogP contribution in [0.5, 0.6) is 0 Å². The van der Waals surface area contributed by atoms with Crippen LogP contribution in [0.25, 0.3) is 0 Å². The van der Waals surface area contributed by atoms with E-state index in [4.69, 9.17) is 34.8 Å². The van der Waals surface area contributed by atoms with E-state index in [0.717, 1.165) is 36.9 Å². The zero-order valence-electron chi connectivity index (χ0n) is 13.4. The molecule has 1 aliphatic heterocycles. The number of amides is 1. The summed E-state index contributed by atoms with van der Waals surface area (Å²) in [6.07, 6.45) is 1.45. The van der Waals surface area contributed by atoms with Gasteiger partial charge in [0, 0.05) is 43.1 Å². The second kappa shape index (κ2) is 8.23. The topological polar surface area (TPSA) is 48.5 Å². The molecule has 0 bridgehead atoms. The van der Waals surface area contributed by atoms with Gasteiger partial charge in [0.15, 0.2) is 5.82 Å². The van der Waals surface area contributed by atoms with Crippen molar-refractivity contribution in [3.8, 4) is 0 Å². The number of rotatable bonds is 4. The maximum Gasteiger partial charge on any atom is 0.239 e. The van der Waals surface area contributed by atoms with Gasteiger partial charge in [0.2, 0.25) is 5.91 Å². The van der Waals surface area contributed by atoms with Crippen LogP contribution in [-0.2, 0) is 4.79 Å². The van der Waals surface area contributed by atoms with Gasteiger partial charge in [0.25, 0.3) is 0 Å². The largest absolute Gasteiger partial charge is 0.369 e. The molecule has 25 heavy (non-hydrogen) atoms. The van der Waals surface area contributed by atoms with Gasteiger partial charge in [0.05, 0.1) is 16.6 Å². The number of anilines is 2. The fourth-order valence-corrected chi connectivity index (χ4v) is 3.33. The minimum Gasteiger partial charge on any atom is -0.369 e. The Morgan fingerprint density at radius 1 is 1.08 bits per heavy atom. The molecule has 2 aromatic rings. The molecule has 1 aliphatic rings. The maximum absolute atomic E-state index is 12.2. The summed E-state index contributed by atoms with van der Waals surface area (Å²) < 4.78 is 0. The predicted octanol–water partition coefficient (Wildman–Crippen LogP) is 3.80. The Bertz CT molecular complexity index is 763. The van der Waals surface area contributed by atoms with Gasteiger partial charge in [-0.1, -0.05) is 40.9 Å². The van der Waals surface area contributed by atoms with Crippen molar-refractivity contribution in [2.75, 3.05) is 42.9 Å². The lowest BCUT2D eigenvalue weighted by atomic mass is 10.2.